The van der Waals surface area contributed by atoms with E-state index in [1.165, 1.54) is 18.2 Å². The summed E-state index contributed by atoms with van der Waals surface area (Å²) < 4.78 is 0. The highest BCUT2D eigenvalue weighted by atomic mass is 35.5. The van der Waals surface area contributed by atoms with Gasteiger partial charge in [0, 0.05) is 25.2 Å². The molecule has 0 bridgehead atoms. The van der Waals surface area contributed by atoms with Crippen molar-refractivity contribution in [2.75, 3.05) is 13.1 Å². The van der Waals surface area contributed by atoms with Crippen molar-refractivity contribution in [1.29, 1.82) is 0 Å². The van der Waals surface area contributed by atoms with Crippen LogP contribution >= 0.6 is 11.6 Å². The SMILES string of the molecule is O=C(c1cc([N+](=O)[O-])ccc1Cl)N1CCC(O)CC1. The highest BCUT2D eigenvalue weighted by molar-refractivity contribution is 6.33. The molecule has 1 aromatic carbocycles. The molecule has 0 radical (unpaired) electrons. The first kappa shape index (κ1) is 13.8. The van der Waals surface area contributed by atoms with Gasteiger partial charge in [-0.2, -0.15) is 0 Å². The van der Waals surface area contributed by atoms with Crippen LogP contribution in [0.5, 0.6) is 0 Å². The number of aliphatic hydroxyl groups excluding tert-OH is 1. The van der Waals surface area contributed by atoms with Gasteiger partial charge in [0.25, 0.3) is 11.6 Å². The number of halogens is 1. The number of carbonyl (C=O) groups excluding carboxylic acids is 1. The number of likely N-dealkylation sites (tertiary alicyclic amines) is 1. The summed E-state index contributed by atoms with van der Waals surface area (Å²) in [6, 6.07) is 3.81. The van der Waals surface area contributed by atoms with Crippen molar-refractivity contribution < 1.29 is 14.8 Å². The predicted molar refractivity (Wildman–Crippen MR) is 69.3 cm³/mol. The Morgan fingerprint density at radius 2 is 2.05 bits per heavy atom. The molecular formula is C12H13ClN2O4. The van der Waals surface area contributed by atoms with Gasteiger partial charge in [0.1, 0.15) is 0 Å². The van der Waals surface area contributed by atoms with Crippen molar-refractivity contribution >= 4 is 23.2 Å². The number of piperidine rings is 1. The Labute approximate surface area is 114 Å². The Morgan fingerprint density at radius 3 is 2.63 bits per heavy atom. The summed E-state index contributed by atoms with van der Waals surface area (Å²) in [4.78, 5) is 23.9. The Bertz CT molecular complexity index is 512. The predicted octanol–water partition coefficient (Wildman–Crippen LogP) is 1.85. The van der Waals surface area contributed by atoms with E-state index in [4.69, 9.17) is 11.6 Å². The van der Waals surface area contributed by atoms with E-state index in [0.29, 0.717) is 25.9 Å². The summed E-state index contributed by atoms with van der Waals surface area (Å²) in [6.45, 7) is 0.859. The lowest BCUT2D eigenvalue weighted by Crippen LogP contribution is -2.40. The highest BCUT2D eigenvalue weighted by Crippen LogP contribution is 2.24. The second-order valence-corrected chi connectivity index (χ2v) is 4.85. The third-order valence-electron chi connectivity index (χ3n) is 3.14. The van der Waals surface area contributed by atoms with E-state index < -0.39 is 4.92 Å². The van der Waals surface area contributed by atoms with Gasteiger partial charge in [0.2, 0.25) is 0 Å². The van der Waals surface area contributed by atoms with Crippen LogP contribution in [0.15, 0.2) is 18.2 Å². The molecule has 102 valence electrons. The van der Waals surface area contributed by atoms with E-state index in [1.54, 1.807) is 4.90 Å². The van der Waals surface area contributed by atoms with Crippen LogP contribution in [0.25, 0.3) is 0 Å². The van der Waals surface area contributed by atoms with Crippen LogP contribution in [-0.2, 0) is 0 Å². The van der Waals surface area contributed by atoms with Crippen LogP contribution in [-0.4, -0.2) is 40.0 Å². The van der Waals surface area contributed by atoms with Crippen LogP contribution in [0.4, 0.5) is 5.69 Å². The minimum atomic E-state index is -0.562. The van der Waals surface area contributed by atoms with Crippen molar-refractivity contribution in [3.63, 3.8) is 0 Å². The largest absolute Gasteiger partial charge is 0.393 e. The number of carbonyl (C=O) groups is 1. The van der Waals surface area contributed by atoms with Gasteiger partial charge in [-0.15, -0.1) is 0 Å². The standard InChI is InChI=1S/C12H13ClN2O4/c13-11-2-1-8(15(18)19)7-10(11)12(17)14-5-3-9(16)4-6-14/h1-2,7,9,16H,3-6H2. The van der Waals surface area contributed by atoms with Crippen molar-refractivity contribution in [1.82, 2.24) is 4.90 Å². The normalized spacial score (nSPS) is 16.4. The number of rotatable bonds is 2. The quantitative estimate of drug-likeness (QED) is 0.663. The lowest BCUT2D eigenvalue weighted by atomic mass is 10.1. The van der Waals surface area contributed by atoms with E-state index in [2.05, 4.69) is 0 Å². The van der Waals surface area contributed by atoms with Crippen molar-refractivity contribution in [2.45, 2.75) is 18.9 Å². The molecule has 1 fully saturated rings. The number of aliphatic hydroxyl groups is 1. The molecule has 1 aliphatic rings. The third kappa shape index (κ3) is 3.02. The fraction of sp³-hybridized carbons (Fsp3) is 0.417. The van der Waals surface area contributed by atoms with Gasteiger partial charge in [0.05, 0.1) is 21.6 Å². The molecule has 2 rings (SSSR count). The zero-order valence-electron chi connectivity index (χ0n) is 10.1. The van der Waals surface area contributed by atoms with Gasteiger partial charge in [-0.1, -0.05) is 11.6 Å². The number of non-ortho nitro benzene ring substituents is 1. The van der Waals surface area contributed by atoms with Gasteiger partial charge >= 0.3 is 0 Å². The molecule has 1 aliphatic heterocycles. The highest BCUT2D eigenvalue weighted by Gasteiger charge is 2.25. The van der Waals surface area contributed by atoms with Crippen LogP contribution in [0, 0.1) is 10.1 Å². The zero-order valence-corrected chi connectivity index (χ0v) is 10.8. The summed E-state index contributed by atoms with van der Waals surface area (Å²) in [5, 5.41) is 20.3. The fourth-order valence-corrected chi connectivity index (χ4v) is 2.23. The number of benzene rings is 1. The van der Waals surface area contributed by atoms with Gasteiger partial charge in [-0.05, 0) is 18.9 Å². The number of hydrogen-bond donors (Lipinski definition) is 1. The molecule has 1 aromatic rings. The van der Waals surface area contributed by atoms with Crippen molar-refractivity contribution in [2.24, 2.45) is 0 Å². The summed E-state index contributed by atoms with van der Waals surface area (Å²) in [7, 11) is 0. The maximum absolute atomic E-state index is 12.2. The summed E-state index contributed by atoms with van der Waals surface area (Å²) in [5.74, 6) is -0.333. The Kier molecular flexibility index (Phi) is 4.01. The van der Waals surface area contributed by atoms with Crippen LogP contribution in [0.3, 0.4) is 0 Å². The van der Waals surface area contributed by atoms with Crippen molar-refractivity contribution in [3.8, 4) is 0 Å². The average molecular weight is 285 g/mol. The maximum atomic E-state index is 12.2. The first-order valence-electron chi connectivity index (χ1n) is 5.90. The molecule has 0 saturated carbocycles. The zero-order chi connectivity index (χ0) is 14.0. The Morgan fingerprint density at radius 1 is 1.42 bits per heavy atom. The molecule has 6 nitrogen and oxygen atoms in total. The number of nitro benzene ring substituents is 1. The number of hydrogen-bond acceptors (Lipinski definition) is 4. The second-order valence-electron chi connectivity index (χ2n) is 4.44. The van der Waals surface area contributed by atoms with E-state index in [9.17, 15) is 20.0 Å². The van der Waals surface area contributed by atoms with Gasteiger partial charge in [0.15, 0.2) is 0 Å². The molecule has 1 heterocycles. The number of nitro groups is 1. The van der Waals surface area contributed by atoms with E-state index in [0.717, 1.165) is 0 Å². The monoisotopic (exact) mass is 284 g/mol. The maximum Gasteiger partial charge on any atom is 0.270 e. The molecule has 0 aliphatic carbocycles. The van der Waals surface area contributed by atoms with Crippen LogP contribution in [0.1, 0.15) is 23.2 Å². The van der Waals surface area contributed by atoms with E-state index in [-0.39, 0.29) is 28.3 Å². The minimum Gasteiger partial charge on any atom is -0.393 e. The number of amides is 1. The summed E-state index contributed by atoms with van der Waals surface area (Å²) in [5.41, 5.74) is -0.0305. The molecule has 1 N–H and O–H groups in total. The molecule has 7 heteroatoms. The van der Waals surface area contributed by atoms with Gasteiger partial charge < -0.3 is 10.0 Å². The molecule has 0 atom stereocenters. The molecule has 19 heavy (non-hydrogen) atoms. The fourth-order valence-electron chi connectivity index (χ4n) is 2.03. The molecule has 0 aromatic heterocycles. The summed E-state index contributed by atoms with van der Waals surface area (Å²) in [6.07, 6.45) is 0.640. The topological polar surface area (TPSA) is 83.7 Å². The van der Waals surface area contributed by atoms with E-state index in [1.807, 2.05) is 0 Å². The van der Waals surface area contributed by atoms with Gasteiger partial charge in [-0.3, -0.25) is 14.9 Å². The molecule has 0 spiro atoms. The molecule has 1 amide bonds. The molecule has 0 unspecified atom stereocenters. The first-order chi connectivity index (χ1) is 8.99. The number of nitrogens with zero attached hydrogens (tertiary/aromatic N) is 2. The minimum absolute atomic E-state index is 0.132. The Balaban J connectivity index is 2.23. The first-order valence-corrected chi connectivity index (χ1v) is 6.28. The van der Waals surface area contributed by atoms with Gasteiger partial charge in [-0.25, -0.2) is 0 Å². The average Bonchev–Trinajstić information content (AvgIpc) is 2.39. The van der Waals surface area contributed by atoms with Crippen molar-refractivity contribution in [3.05, 3.63) is 38.9 Å². The lowest BCUT2D eigenvalue weighted by Gasteiger charge is -2.29. The second kappa shape index (κ2) is 5.54. The van der Waals surface area contributed by atoms with Crippen LogP contribution in [0.2, 0.25) is 5.02 Å². The lowest BCUT2D eigenvalue weighted by molar-refractivity contribution is -0.384. The van der Waals surface area contributed by atoms with Crippen LogP contribution < -0.4 is 0 Å². The third-order valence-corrected chi connectivity index (χ3v) is 3.47. The molecule has 1 saturated heterocycles. The van der Waals surface area contributed by atoms with E-state index >= 15 is 0 Å². The smallest absolute Gasteiger partial charge is 0.270 e. The Hall–Kier alpha value is -1.66. The molecular weight excluding hydrogens is 272 g/mol. The summed E-state index contributed by atoms with van der Waals surface area (Å²) >= 11 is 5.92.